The van der Waals surface area contributed by atoms with E-state index in [4.69, 9.17) is 88.4 Å². The van der Waals surface area contributed by atoms with Crippen molar-refractivity contribution >= 4 is 174 Å². The first kappa shape index (κ1) is 99.6. The third-order valence-electron chi connectivity index (χ3n) is 22.5. The number of piperidine rings is 3. The van der Waals surface area contributed by atoms with Crippen LogP contribution in [0.2, 0.25) is 20.2 Å². The lowest BCUT2D eigenvalue weighted by Gasteiger charge is -2.35. The summed E-state index contributed by atoms with van der Waals surface area (Å²) >= 11 is 28.1. The molecule has 6 aliphatic heterocycles. The minimum Gasteiger partial charge on any atom is -0.481 e. The fraction of sp³-hybridized carbons (Fsp3) is 0.410. The highest BCUT2D eigenvalue weighted by molar-refractivity contribution is 7.92. The van der Waals surface area contributed by atoms with Crippen LogP contribution in [0, 0.1) is 82.6 Å². The van der Waals surface area contributed by atoms with E-state index in [9.17, 15) is 73.5 Å². The van der Waals surface area contributed by atoms with E-state index in [0.29, 0.717) is 126 Å². The Morgan fingerprint density at radius 2 is 0.871 bits per heavy atom. The zero-order valence-corrected chi connectivity index (χ0v) is 79.2. The lowest BCUT2D eigenvalue weighted by molar-refractivity contribution is -0.384. The number of rotatable bonds is 19. The molecule has 6 aromatic heterocycles. The number of aromatic nitrogens is 9. The molecule has 0 saturated carbocycles. The highest BCUT2D eigenvalue weighted by atomic mass is 35.5. The standard InChI is InChI=1S/2C25H29ClN8O3S.C20H21Cl2N5O3S.C11H12N4O4S.C2H4O2S/c2*1-15-12-34-23(29-24(15)32-13-16(11-27)19(28)14-32)10-21(30-34)22-5-3-4-8-33(22)25(35)18-9-17(26)6-7-20(18)31-38(2,36)37;1-12-11-27-18(23-19(12)22)10-16(24-27)17-5-3-4-8-26(17)20(28)14-9-13(21)6-7-15(14)25-31(2,29)30;12-5-8-6-13-7-11(8)14-20(18,19)10-3-1-9(2-4-10)15(16)17;3-2(4)1-5/h2*6-7,9-10,12,16,19,22,31H,3-5,8,13-14,28H2,1-2H3;6-7,9-11,17,25H,3-5,8H2,1-2H3;1-4,8,11,13-14H,6-7H2;5H,1H2,(H,3,4)/t16-,19-,22+;16-,19-,22-;17-;8-,11-;/m1001./s1. The second-order valence-corrected chi connectivity index (χ2v) is 41.5. The predicted octanol–water partition coefficient (Wildman–Crippen LogP) is 9.50. The molecule has 6 aliphatic rings. The average molecular weight is 1980 g/mol. The molecule has 0 aliphatic carbocycles. The molecule has 4 aromatic carbocycles. The molecule has 9 atom stereocenters. The first-order chi connectivity index (χ1) is 62.4. The summed E-state index contributed by atoms with van der Waals surface area (Å²) in [6, 6.07) is 28.5. The molecule has 49 heteroatoms. The molecule has 0 unspecified atom stereocenters. The number of aliphatic carboxylic acids is 1. The molecule has 0 radical (unpaired) electrons. The number of nitrogens with zero attached hydrogens (tertiary/aromatic N) is 18. The molecule has 0 spiro atoms. The highest BCUT2D eigenvalue weighted by Crippen LogP contribution is 2.40. The maximum absolute atomic E-state index is 13.8. The van der Waals surface area contributed by atoms with Crippen molar-refractivity contribution in [1.29, 1.82) is 15.8 Å². The number of nitrogens with two attached hydrogens (primary N) is 2. The van der Waals surface area contributed by atoms with E-state index in [1.165, 1.54) is 48.5 Å². The van der Waals surface area contributed by atoms with Crippen molar-refractivity contribution < 1.29 is 62.9 Å². The summed E-state index contributed by atoms with van der Waals surface area (Å²) in [6.45, 7) is 10.2. The number of nitro groups is 1. The predicted molar refractivity (Wildman–Crippen MR) is 500 cm³/mol. The molecule has 3 amide bonds. The van der Waals surface area contributed by atoms with E-state index in [-0.39, 0.29) is 110 Å². The smallest absolute Gasteiger partial charge is 0.313 e. The van der Waals surface area contributed by atoms with E-state index in [0.717, 1.165) is 104 Å². The fourth-order valence-corrected chi connectivity index (χ4v) is 19.9. The highest BCUT2D eigenvalue weighted by Gasteiger charge is 2.40. The number of hydrogen-bond donors (Lipinski definition) is 9. The van der Waals surface area contributed by atoms with E-state index in [1.54, 1.807) is 52.6 Å². The van der Waals surface area contributed by atoms with Gasteiger partial charge < -0.3 is 46.4 Å². The van der Waals surface area contributed by atoms with Crippen molar-refractivity contribution in [3.63, 3.8) is 0 Å². The Morgan fingerprint density at radius 1 is 0.523 bits per heavy atom. The Kier molecular flexibility index (Phi) is 31.9. The molecular formula is C83H95Cl4N25O15S5. The number of benzene rings is 4. The van der Waals surface area contributed by atoms with Crippen LogP contribution in [0.25, 0.3) is 16.9 Å². The number of carbonyl (C=O) groups is 4. The third-order valence-corrected chi connectivity index (χ3v) is 27.2. The summed E-state index contributed by atoms with van der Waals surface area (Å²) < 4.78 is 110. The normalized spacial score (nSPS) is 20.4. The monoisotopic (exact) mass is 1980 g/mol. The van der Waals surface area contributed by atoms with Gasteiger partial charge in [-0.05, 0) is 145 Å². The first-order valence-electron chi connectivity index (χ1n) is 41.4. The molecule has 6 saturated heterocycles. The topological polar surface area (TPSA) is 559 Å². The number of aryl methyl sites for hydroxylation is 3. The van der Waals surface area contributed by atoms with Gasteiger partial charge in [0.2, 0.25) is 40.1 Å². The number of amides is 3. The molecule has 10 aromatic rings. The molecular weight excluding hydrogens is 1890 g/mol. The van der Waals surface area contributed by atoms with E-state index < -0.39 is 62.9 Å². The van der Waals surface area contributed by atoms with E-state index in [2.05, 4.69) is 59.1 Å². The van der Waals surface area contributed by atoms with Crippen LogP contribution < -0.4 is 45.5 Å². The zero-order chi connectivity index (χ0) is 95.8. The largest absolute Gasteiger partial charge is 0.481 e. The van der Waals surface area contributed by atoms with Crippen LogP contribution in [0.1, 0.15) is 141 Å². The van der Waals surface area contributed by atoms with Crippen molar-refractivity contribution in [3.8, 4) is 18.2 Å². The Morgan fingerprint density at radius 3 is 1.20 bits per heavy atom. The summed E-state index contributed by atoms with van der Waals surface area (Å²) in [7, 11) is -14.6. The minimum absolute atomic E-state index is 0.0633. The number of anilines is 5. The van der Waals surface area contributed by atoms with Gasteiger partial charge in [-0.3, -0.25) is 43.5 Å². The molecule has 6 fully saturated rings. The molecule has 10 N–H and O–H groups in total. The van der Waals surface area contributed by atoms with Gasteiger partial charge in [-0.1, -0.05) is 46.4 Å². The second-order valence-electron chi connectivity index (χ2n) is 32.6. The van der Waals surface area contributed by atoms with Crippen molar-refractivity contribution in [2.75, 3.05) is 107 Å². The SMILES string of the molecule is Cc1cn2nc([C@@H]3CCCCN3C(=O)c3cc(Cl)ccc3NS(C)(=O)=O)cc2nc1Cl.Cc1cn2nc([C@@H]3CCCCN3C(=O)c3cc(Cl)ccc3NS(C)(=O)=O)cc2nc1N1C[C@@H](N)[C@H](C#N)C1.Cc1cn2nc([C@@H]3CCCCN3C(=O)c3cc(Cl)ccc3NS(C)(=O)=O)cc2nc1N1C[C@H](N)[C@@H](C#N)C1.N#C[C@@H]1CNC[C@H]1NS(=O)(=O)c1ccc([N+](=O)[O-])cc1.O=C(O)CS. The number of nitrogens with one attached hydrogen (secondary N) is 5. The number of thiol groups is 1. The van der Waals surface area contributed by atoms with Gasteiger partial charge in [0, 0.05) is 152 Å². The number of fused-ring (bicyclic) bond motifs is 3. The van der Waals surface area contributed by atoms with E-state index in [1.807, 2.05) is 67.2 Å². The van der Waals surface area contributed by atoms with Crippen LogP contribution in [0.5, 0.6) is 0 Å². The van der Waals surface area contributed by atoms with Crippen LogP contribution in [0.3, 0.4) is 0 Å². The van der Waals surface area contributed by atoms with Gasteiger partial charge in [0.15, 0.2) is 16.9 Å². The van der Waals surface area contributed by atoms with Crippen molar-refractivity contribution in [2.45, 2.75) is 120 Å². The molecule has 132 heavy (non-hydrogen) atoms. The van der Waals surface area contributed by atoms with Gasteiger partial charge in [-0.2, -0.15) is 43.7 Å². The summed E-state index contributed by atoms with van der Waals surface area (Å²) in [5.74, 6) is -1.30. The summed E-state index contributed by atoms with van der Waals surface area (Å²) in [6.07, 6.45) is 16.1. The maximum atomic E-state index is 13.8. The quantitative estimate of drug-likeness (QED) is 0.0157. The fourth-order valence-electron chi connectivity index (χ4n) is 16.3. The minimum atomic E-state index is -3.79. The second kappa shape index (κ2) is 42.3. The van der Waals surface area contributed by atoms with Gasteiger partial charge >= 0.3 is 5.97 Å². The van der Waals surface area contributed by atoms with Crippen molar-refractivity contribution in [2.24, 2.45) is 29.2 Å². The number of carbonyl (C=O) groups excluding carboxylic acids is 3. The zero-order valence-electron chi connectivity index (χ0n) is 72.1. The van der Waals surface area contributed by atoms with Crippen LogP contribution in [0.15, 0.2) is 121 Å². The van der Waals surface area contributed by atoms with Crippen LogP contribution in [-0.4, -0.2) is 227 Å². The van der Waals surface area contributed by atoms with Gasteiger partial charge in [0.1, 0.15) is 16.8 Å². The van der Waals surface area contributed by atoms with Gasteiger partial charge in [-0.15, -0.1) is 0 Å². The number of nitro benzene ring substituents is 1. The number of carboxylic acid groups (broad SMARTS) is 1. The lowest BCUT2D eigenvalue weighted by Crippen LogP contribution is -2.39. The number of non-ortho nitro benzene ring substituents is 1. The number of likely N-dealkylation sites (tertiary alicyclic amines) is 3. The van der Waals surface area contributed by atoms with Gasteiger partial charge in [-0.25, -0.2) is 66.9 Å². The number of nitriles is 3. The molecule has 40 nitrogen and oxygen atoms in total. The Balaban J connectivity index is 0.000000159. The summed E-state index contributed by atoms with van der Waals surface area (Å²) in [5.41, 5.74) is 19.8. The van der Waals surface area contributed by atoms with Crippen molar-refractivity contribution in [3.05, 3.63) is 196 Å². The molecule has 0 bridgehead atoms. The number of sulfonamides is 4. The van der Waals surface area contributed by atoms with Crippen LogP contribution in [0.4, 0.5) is 34.4 Å². The third kappa shape index (κ3) is 24.5. The number of hydrogen-bond acceptors (Lipinski definition) is 29. The Hall–Kier alpha value is -11.4. The van der Waals surface area contributed by atoms with Crippen LogP contribution >= 0.6 is 59.0 Å². The summed E-state index contributed by atoms with van der Waals surface area (Å²) in [4.78, 5) is 83.5. The van der Waals surface area contributed by atoms with Gasteiger partial charge in [0.05, 0.1) is 145 Å². The lowest BCUT2D eigenvalue weighted by atomic mass is 9.98. The Labute approximate surface area is 786 Å². The maximum Gasteiger partial charge on any atom is 0.313 e. The average Bonchev–Trinajstić information content (AvgIpc) is 1.62. The molecule has 700 valence electrons. The van der Waals surface area contributed by atoms with Gasteiger partial charge in [0.25, 0.3) is 23.4 Å². The summed E-state index contributed by atoms with van der Waals surface area (Å²) in [5, 5.41) is 64.3. The number of halogens is 4. The Bertz CT molecular complexity index is 6430. The first-order valence-corrected chi connectivity index (χ1v) is 50.7. The number of carboxylic acids is 1. The van der Waals surface area contributed by atoms with E-state index >= 15 is 0 Å². The van der Waals surface area contributed by atoms with Crippen LogP contribution in [-0.2, 0) is 44.9 Å². The van der Waals surface area contributed by atoms with Crippen molar-refractivity contribution in [1.82, 2.24) is 68.5 Å². The molecule has 16 rings (SSSR count). The molecule has 12 heterocycles.